The van der Waals surface area contributed by atoms with Gasteiger partial charge in [-0.25, -0.2) is 4.79 Å². The number of nitrogens with one attached hydrogen (secondary N) is 1. The lowest BCUT2D eigenvalue weighted by Crippen LogP contribution is -2.53. The second-order valence-electron chi connectivity index (χ2n) is 3.71. The highest BCUT2D eigenvalue weighted by molar-refractivity contribution is 5.80. The second kappa shape index (κ2) is 5.66. The maximum Gasteiger partial charge on any atom is 0.323 e. The van der Waals surface area contributed by atoms with E-state index in [-0.39, 0.29) is 19.3 Å². The van der Waals surface area contributed by atoms with Gasteiger partial charge in [-0.1, -0.05) is 0 Å². The van der Waals surface area contributed by atoms with Crippen LogP contribution in [0.2, 0.25) is 0 Å². The summed E-state index contributed by atoms with van der Waals surface area (Å²) in [5.74, 6) is -1.09. The third-order valence-electron chi connectivity index (χ3n) is 2.21. The molecule has 1 heterocycles. The number of nitrogens with zero attached hydrogens (tertiary/aromatic N) is 1. The Hall–Kier alpha value is -1.34. The zero-order chi connectivity index (χ0) is 12.1. The van der Waals surface area contributed by atoms with Crippen molar-refractivity contribution < 1.29 is 24.5 Å². The molecule has 0 bridgehead atoms. The minimum atomic E-state index is -1.09. The van der Waals surface area contributed by atoms with Crippen molar-refractivity contribution in [1.82, 2.24) is 10.2 Å². The molecule has 0 aliphatic carbocycles. The Morgan fingerprint density at radius 2 is 2.19 bits per heavy atom. The Kier molecular flexibility index (Phi) is 4.51. The van der Waals surface area contributed by atoms with Gasteiger partial charge < -0.3 is 25.2 Å². The number of carboxylic acids is 1. The lowest BCUT2D eigenvalue weighted by atomic mass is 10.2. The number of carbonyl (C=O) groups is 2. The number of aliphatic hydroxyl groups excluding tert-OH is 1. The molecule has 16 heavy (non-hydrogen) atoms. The van der Waals surface area contributed by atoms with Gasteiger partial charge in [0.2, 0.25) is 0 Å². The Morgan fingerprint density at radius 1 is 1.50 bits per heavy atom. The van der Waals surface area contributed by atoms with E-state index in [1.165, 1.54) is 4.90 Å². The number of rotatable bonds is 3. The molecule has 0 aromatic rings. The van der Waals surface area contributed by atoms with Gasteiger partial charge in [-0.3, -0.25) is 4.79 Å². The summed E-state index contributed by atoms with van der Waals surface area (Å²) in [6.45, 7) is 1.88. The predicted molar refractivity (Wildman–Crippen MR) is 54.0 cm³/mol. The molecule has 2 amide bonds. The van der Waals surface area contributed by atoms with Crippen LogP contribution in [0.3, 0.4) is 0 Å². The quantitative estimate of drug-likeness (QED) is 0.571. The van der Waals surface area contributed by atoms with Crippen molar-refractivity contribution in [1.29, 1.82) is 0 Å². The van der Waals surface area contributed by atoms with Crippen LogP contribution >= 0.6 is 0 Å². The number of carboxylic acid groups (broad SMARTS) is 1. The zero-order valence-electron chi connectivity index (χ0n) is 9.05. The summed E-state index contributed by atoms with van der Waals surface area (Å²) < 4.78 is 5.35. The third kappa shape index (κ3) is 3.67. The molecule has 1 aliphatic rings. The number of hydrogen-bond acceptors (Lipinski definition) is 4. The molecular weight excluding hydrogens is 216 g/mol. The summed E-state index contributed by atoms with van der Waals surface area (Å²) in [7, 11) is 0. The van der Waals surface area contributed by atoms with Gasteiger partial charge in [-0.05, 0) is 6.92 Å². The molecule has 0 spiro atoms. The molecule has 0 saturated carbocycles. The van der Waals surface area contributed by atoms with Crippen LogP contribution in [0.5, 0.6) is 0 Å². The first-order valence-corrected chi connectivity index (χ1v) is 5.03. The Morgan fingerprint density at radius 3 is 2.75 bits per heavy atom. The van der Waals surface area contributed by atoms with Crippen molar-refractivity contribution in [2.45, 2.75) is 19.1 Å². The van der Waals surface area contributed by atoms with Gasteiger partial charge in [0.15, 0.2) is 0 Å². The van der Waals surface area contributed by atoms with Crippen molar-refractivity contribution >= 4 is 12.0 Å². The topological polar surface area (TPSA) is 99.1 Å². The molecule has 1 saturated heterocycles. The maximum absolute atomic E-state index is 11.5. The Bertz CT molecular complexity index is 271. The second-order valence-corrected chi connectivity index (χ2v) is 3.71. The van der Waals surface area contributed by atoms with Gasteiger partial charge in [0.1, 0.15) is 6.54 Å². The number of amides is 2. The number of carbonyl (C=O) groups excluding carboxylic acids is 1. The summed E-state index contributed by atoms with van der Waals surface area (Å²) in [5.41, 5.74) is 0. The number of aliphatic hydroxyl groups is 1. The summed E-state index contributed by atoms with van der Waals surface area (Å²) in [6.07, 6.45) is -0.569. The van der Waals surface area contributed by atoms with Crippen LogP contribution in [0.4, 0.5) is 4.79 Å². The van der Waals surface area contributed by atoms with E-state index in [4.69, 9.17) is 14.9 Å². The average molecular weight is 232 g/mol. The molecule has 2 unspecified atom stereocenters. The highest BCUT2D eigenvalue weighted by atomic mass is 16.5. The van der Waals surface area contributed by atoms with Gasteiger partial charge in [0, 0.05) is 6.54 Å². The molecule has 1 aliphatic heterocycles. The SMILES string of the molecule is CC1CN(C(=O)NCC(=O)O)CC(CO)O1. The van der Waals surface area contributed by atoms with Gasteiger partial charge in [0.25, 0.3) is 0 Å². The standard InChI is InChI=1S/C9H16N2O5/c1-6-3-11(4-7(5-12)16-6)9(15)10-2-8(13)14/h6-7,12H,2-5H2,1H3,(H,10,15)(H,13,14). The number of aliphatic carboxylic acids is 1. The fourth-order valence-electron chi connectivity index (χ4n) is 1.57. The van der Waals surface area contributed by atoms with Crippen molar-refractivity contribution in [2.75, 3.05) is 26.2 Å². The van der Waals surface area contributed by atoms with E-state index >= 15 is 0 Å². The molecular formula is C9H16N2O5. The minimum absolute atomic E-state index is 0.160. The van der Waals surface area contributed by atoms with E-state index in [1.54, 1.807) is 6.92 Å². The number of morpholine rings is 1. The van der Waals surface area contributed by atoms with Crippen LogP contribution in [0.1, 0.15) is 6.92 Å². The smallest absolute Gasteiger partial charge is 0.323 e. The fraction of sp³-hybridized carbons (Fsp3) is 0.778. The van der Waals surface area contributed by atoms with Crippen molar-refractivity contribution in [2.24, 2.45) is 0 Å². The predicted octanol–water partition coefficient (Wildman–Crippen LogP) is -1.14. The summed E-state index contributed by atoms with van der Waals surface area (Å²) >= 11 is 0. The van der Waals surface area contributed by atoms with Crippen LogP contribution in [0, 0.1) is 0 Å². The molecule has 1 fully saturated rings. The molecule has 92 valence electrons. The first-order valence-electron chi connectivity index (χ1n) is 5.03. The molecule has 1 rings (SSSR count). The fourth-order valence-corrected chi connectivity index (χ4v) is 1.57. The van der Waals surface area contributed by atoms with Gasteiger partial charge in [0.05, 0.1) is 25.4 Å². The molecule has 7 nitrogen and oxygen atoms in total. The van der Waals surface area contributed by atoms with E-state index < -0.39 is 24.6 Å². The minimum Gasteiger partial charge on any atom is -0.480 e. The normalized spacial score (nSPS) is 25.2. The molecule has 7 heteroatoms. The number of hydrogen-bond donors (Lipinski definition) is 3. The third-order valence-corrected chi connectivity index (χ3v) is 2.21. The van der Waals surface area contributed by atoms with Crippen LogP contribution in [-0.2, 0) is 9.53 Å². The molecule has 3 N–H and O–H groups in total. The first-order chi connectivity index (χ1) is 7.52. The van der Waals surface area contributed by atoms with Crippen LogP contribution in [0.25, 0.3) is 0 Å². The van der Waals surface area contributed by atoms with E-state index in [0.717, 1.165) is 0 Å². The number of ether oxygens (including phenoxy) is 1. The first kappa shape index (κ1) is 12.7. The Labute approximate surface area is 93.0 Å². The van der Waals surface area contributed by atoms with Crippen LogP contribution in [-0.4, -0.2) is 65.6 Å². The van der Waals surface area contributed by atoms with Gasteiger partial charge in [-0.15, -0.1) is 0 Å². The van der Waals surface area contributed by atoms with E-state index in [1.807, 2.05) is 0 Å². The number of urea groups is 1. The summed E-state index contributed by atoms with van der Waals surface area (Å²) in [5, 5.41) is 19.6. The van der Waals surface area contributed by atoms with Crippen molar-refractivity contribution in [3.63, 3.8) is 0 Å². The van der Waals surface area contributed by atoms with E-state index in [2.05, 4.69) is 5.32 Å². The highest BCUT2D eigenvalue weighted by Gasteiger charge is 2.27. The van der Waals surface area contributed by atoms with Crippen LogP contribution in [0.15, 0.2) is 0 Å². The summed E-state index contributed by atoms with van der Waals surface area (Å²) in [4.78, 5) is 23.2. The zero-order valence-corrected chi connectivity index (χ0v) is 9.05. The van der Waals surface area contributed by atoms with Crippen molar-refractivity contribution in [3.05, 3.63) is 0 Å². The van der Waals surface area contributed by atoms with Gasteiger partial charge >= 0.3 is 12.0 Å². The van der Waals surface area contributed by atoms with Crippen molar-refractivity contribution in [3.8, 4) is 0 Å². The van der Waals surface area contributed by atoms with Gasteiger partial charge in [-0.2, -0.15) is 0 Å². The molecule has 2 atom stereocenters. The van der Waals surface area contributed by atoms with E-state index in [9.17, 15) is 9.59 Å². The summed E-state index contributed by atoms with van der Waals surface area (Å²) in [6, 6.07) is -0.448. The molecule has 0 aromatic carbocycles. The lowest BCUT2D eigenvalue weighted by molar-refractivity contribution is -0.135. The monoisotopic (exact) mass is 232 g/mol. The maximum atomic E-state index is 11.5. The largest absolute Gasteiger partial charge is 0.480 e. The van der Waals surface area contributed by atoms with E-state index in [0.29, 0.717) is 6.54 Å². The average Bonchev–Trinajstić information content (AvgIpc) is 2.24. The Balaban J connectivity index is 2.45. The van der Waals surface area contributed by atoms with Crippen LogP contribution < -0.4 is 5.32 Å². The highest BCUT2D eigenvalue weighted by Crippen LogP contribution is 2.10. The lowest BCUT2D eigenvalue weighted by Gasteiger charge is -2.35. The molecule has 0 radical (unpaired) electrons. The molecule has 0 aromatic heterocycles.